The fraction of sp³-hybridized carbons (Fsp3) is 0.278. The number of hydrogen-bond donors (Lipinski definition) is 2. The summed E-state index contributed by atoms with van der Waals surface area (Å²) in [5.41, 5.74) is 3.57. The third-order valence-electron chi connectivity index (χ3n) is 3.33. The predicted octanol–water partition coefficient (Wildman–Crippen LogP) is 2.87. The van der Waals surface area contributed by atoms with Gasteiger partial charge in [-0.1, -0.05) is 36.4 Å². The zero-order chi connectivity index (χ0) is 15.8. The SMILES string of the molecule is CN=C(NCc1ccccc1)NCc1cc(C)cc(OC)c1. The number of benzene rings is 2. The first-order valence-electron chi connectivity index (χ1n) is 7.34. The molecule has 0 aliphatic rings. The molecule has 2 aromatic rings. The molecule has 0 atom stereocenters. The van der Waals surface area contributed by atoms with E-state index in [1.807, 2.05) is 30.3 Å². The number of methoxy groups -OCH3 is 1. The molecule has 0 radical (unpaired) electrons. The van der Waals surface area contributed by atoms with Crippen molar-refractivity contribution in [3.8, 4) is 5.75 Å². The van der Waals surface area contributed by atoms with Crippen LogP contribution in [0.3, 0.4) is 0 Å². The quantitative estimate of drug-likeness (QED) is 0.659. The molecule has 0 spiro atoms. The lowest BCUT2D eigenvalue weighted by atomic mass is 10.1. The number of aliphatic imine (C=N–C) groups is 1. The first-order valence-corrected chi connectivity index (χ1v) is 7.34. The van der Waals surface area contributed by atoms with E-state index < -0.39 is 0 Å². The van der Waals surface area contributed by atoms with Crippen LogP contribution in [-0.4, -0.2) is 20.1 Å². The summed E-state index contributed by atoms with van der Waals surface area (Å²) in [7, 11) is 3.46. The Kier molecular flexibility index (Phi) is 5.83. The Hall–Kier alpha value is -2.49. The standard InChI is InChI=1S/C18H23N3O/c1-14-9-16(11-17(10-14)22-3)13-21-18(19-2)20-12-15-7-5-4-6-8-15/h4-11H,12-13H2,1-3H3,(H2,19,20,21). The highest BCUT2D eigenvalue weighted by Gasteiger charge is 2.01. The first kappa shape index (κ1) is 15.9. The second kappa shape index (κ2) is 8.08. The molecule has 0 saturated heterocycles. The van der Waals surface area contributed by atoms with Gasteiger partial charge in [0.25, 0.3) is 0 Å². The van der Waals surface area contributed by atoms with Crippen molar-refractivity contribution in [2.75, 3.05) is 14.2 Å². The summed E-state index contributed by atoms with van der Waals surface area (Å²) >= 11 is 0. The van der Waals surface area contributed by atoms with Gasteiger partial charge in [-0.2, -0.15) is 0 Å². The zero-order valence-corrected chi connectivity index (χ0v) is 13.4. The third kappa shape index (κ3) is 4.81. The van der Waals surface area contributed by atoms with Crippen molar-refractivity contribution in [2.24, 2.45) is 4.99 Å². The summed E-state index contributed by atoms with van der Waals surface area (Å²) in [6, 6.07) is 16.5. The van der Waals surface area contributed by atoms with Crippen LogP contribution in [0.2, 0.25) is 0 Å². The van der Waals surface area contributed by atoms with Gasteiger partial charge >= 0.3 is 0 Å². The number of nitrogens with zero attached hydrogens (tertiary/aromatic N) is 1. The highest BCUT2D eigenvalue weighted by molar-refractivity contribution is 5.79. The highest BCUT2D eigenvalue weighted by Crippen LogP contribution is 2.16. The molecule has 4 nitrogen and oxygen atoms in total. The molecular weight excluding hydrogens is 274 g/mol. The smallest absolute Gasteiger partial charge is 0.191 e. The molecule has 0 bridgehead atoms. The molecule has 0 aliphatic heterocycles. The second-order valence-electron chi connectivity index (χ2n) is 5.12. The van der Waals surface area contributed by atoms with E-state index in [0.717, 1.165) is 18.3 Å². The zero-order valence-electron chi connectivity index (χ0n) is 13.4. The lowest BCUT2D eigenvalue weighted by Gasteiger charge is -2.13. The van der Waals surface area contributed by atoms with Crippen LogP contribution in [0, 0.1) is 6.92 Å². The van der Waals surface area contributed by atoms with Crippen LogP contribution in [0.1, 0.15) is 16.7 Å². The van der Waals surface area contributed by atoms with Crippen LogP contribution in [-0.2, 0) is 13.1 Å². The molecule has 0 aliphatic carbocycles. The van der Waals surface area contributed by atoms with Gasteiger partial charge in [0, 0.05) is 20.1 Å². The van der Waals surface area contributed by atoms with Gasteiger partial charge in [0.15, 0.2) is 5.96 Å². The number of aryl methyl sites for hydroxylation is 1. The fourth-order valence-electron chi connectivity index (χ4n) is 2.23. The molecule has 0 heterocycles. The van der Waals surface area contributed by atoms with E-state index in [1.54, 1.807) is 14.2 Å². The van der Waals surface area contributed by atoms with Crippen molar-refractivity contribution in [1.29, 1.82) is 0 Å². The Balaban J connectivity index is 1.90. The number of nitrogens with one attached hydrogen (secondary N) is 2. The average molecular weight is 297 g/mol. The lowest BCUT2D eigenvalue weighted by molar-refractivity contribution is 0.414. The van der Waals surface area contributed by atoms with Gasteiger partial charge in [0.05, 0.1) is 7.11 Å². The van der Waals surface area contributed by atoms with Crippen molar-refractivity contribution in [2.45, 2.75) is 20.0 Å². The number of guanidine groups is 1. The van der Waals surface area contributed by atoms with Crippen molar-refractivity contribution in [1.82, 2.24) is 10.6 Å². The monoisotopic (exact) mass is 297 g/mol. The van der Waals surface area contributed by atoms with Gasteiger partial charge in [-0.25, -0.2) is 0 Å². The van der Waals surface area contributed by atoms with Crippen molar-refractivity contribution in [3.63, 3.8) is 0 Å². The van der Waals surface area contributed by atoms with Gasteiger partial charge < -0.3 is 15.4 Å². The molecule has 0 unspecified atom stereocenters. The maximum absolute atomic E-state index is 5.30. The highest BCUT2D eigenvalue weighted by atomic mass is 16.5. The van der Waals surface area contributed by atoms with E-state index in [0.29, 0.717) is 6.54 Å². The van der Waals surface area contributed by atoms with Gasteiger partial charge in [-0.05, 0) is 35.7 Å². The maximum Gasteiger partial charge on any atom is 0.191 e. The van der Waals surface area contributed by atoms with Gasteiger partial charge in [-0.3, -0.25) is 4.99 Å². The topological polar surface area (TPSA) is 45.7 Å². The Morgan fingerprint density at radius 2 is 1.68 bits per heavy atom. The minimum absolute atomic E-state index is 0.701. The molecule has 4 heteroatoms. The van der Waals surface area contributed by atoms with E-state index in [1.165, 1.54) is 16.7 Å². The van der Waals surface area contributed by atoms with Crippen LogP contribution < -0.4 is 15.4 Å². The van der Waals surface area contributed by atoms with Crippen molar-refractivity contribution < 1.29 is 4.74 Å². The summed E-state index contributed by atoms with van der Waals surface area (Å²) in [6.45, 7) is 3.51. The van der Waals surface area contributed by atoms with Gasteiger partial charge in [0.1, 0.15) is 5.75 Å². The Bertz CT molecular complexity index is 623. The Labute approximate surface area is 132 Å². The molecule has 0 aromatic heterocycles. The summed E-state index contributed by atoms with van der Waals surface area (Å²) in [5, 5.41) is 6.62. The fourth-order valence-corrected chi connectivity index (χ4v) is 2.23. The van der Waals surface area contributed by atoms with E-state index in [4.69, 9.17) is 4.74 Å². The average Bonchev–Trinajstić information content (AvgIpc) is 2.55. The van der Waals surface area contributed by atoms with Crippen LogP contribution in [0.25, 0.3) is 0 Å². The van der Waals surface area contributed by atoms with Crippen LogP contribution in [0.15, 0.2) is 53.5 Å². The Morgan fingerprint density at radius 3 is 2.32 bits per heavy atom. The second-order valence-corrected chi connectivity index (χ2v) is 5.12. The van der Waals surface area contributed by atoms with E-state index >= 15 is 0 Å². The molecule has 116 valence electrons. The molecule has 0 amide bonds. The third-order valence-corrected chi connectivity index (χ3v) is 3.33. The minimum atomic E-state index is 0.701. The molecule has 2 N–H and O–H groups in total. The molecule has 0 fully saturated rings. The van der Waals surface area contributed by atoms with Crippen molar-refractivity contribution in [3.05, 3.63) is 65.2 Å². The van der Waals surface area contributed by atoms with E-state index in [2.05, 4.69) is 40.7 Å². The van der Waals surface area contributed by atoms with Crippen molar-refractivity contribution >= 4 is 5.96 Å². The molecule has 2 rings (SSSR count). The number of hydrogen-bond acceptors (Lipinski definition) is 2. The number of ether oxygens (including phenoxy) is 1. The predicted molar refractivity (Wildman–Crippen MR) is 91.2 cm³/mol. The summed E-state index contributed by atoms with van der Waals surface area (Å²) in [5.74, 6) is 1.66. The summed E-state index contributed by atoms with van der Waals surface area (Å²) in [4.78, 5) is 4.25. The molecular formula is C18H23N3O. The molecule has 2 aromatic carbocycles. The van der Waals surface area contributed by atoms with Gasteiger partial charge in [0.2, 0.25) is 0 Å². The van der Waals surface area contributed by atoms with Gasteiger partial charge in [-0.15, -0.1) is 0 Å². The van der Waals surface area contributed by atoms with Crippen LogP contribution in [0.4, 0.5) is 0 Å². The first-order chi connectivity index (χ1) is 10.7. The van der Waals surface area contributed by atoms with Crippen LogP contribution >= 0.6 is 0 Å². The van der Waals surface area contributed by atoms with E-state index in [9.17, 15) is 0 Å². The summed E-state index contributed by atoms with van der Waals surface area (Å²) in [6.07, 6.45) is 0. The lowest BCUT2D eigenvalue weighted by Crippen LogP contribution is -2.36. The summed E-state index contributed by atoms with van der Waals surface area (Å²) < 4.78 is 5.30. The van der Waals surface area contributed by atoms with Crippen LogP contribution in [0.5, 0.6) is 5.75 Å². The number of rotatable bonds is 5. The molecule has 0 saturated carbocycles. The Morgan fingerprint density at radius 1 is 1.00 bits per heavy atom. The normalized spacial score (nSPS) is 11.1. The van der Waals surface area contributed by atoms with E-state index in [-0.39, 0.29) is 0 Å². The maximum atomic E-state index is 5.30. The largest absolute Gasteiger partial charge is 0.497 e. The molecule has 22 heavy (non-hydrogen) atoms. The minimum Gasteiger partial charge on any atom is -0.497 e.